The molecule has 2 atom stereocenters. The van der Waals surface area contributed by atoms with Gasteiger partial charge in [-0.25, -0.2) is 9.50 Å². The maximum atomic E-state index is 5.69. The predicted molar refractivity (Wildman–Crippen MR) is 149 cm³/mol. The first kappa shape index (κ1) is 25.5. The van der Waals surface area contributed by atoms with E-state index in [4.69, 9.17) is 4.74 Å². The fourth-order valence-electron chi connectivity index (χ4n) is 5.60. The van der Waals surface area contributed by atoms with Crippen molar-refractivity contribution in [2.24, 2.45) is 5.92 Å². The summed E-state index contributed by atoms with van der Waals surface area (Å²) in [7, 11) is 3.67. The van der Waals surface area contributed by atoms with E-state index < -0.39 is 0 Å². The van der Waals surface area contributed by atoms with Gasteiger partial charge in [0.25, 0.3) is 0 Å². The molecule has 1 N–H and O–H groups in total. The molecule has 4 heterocycles. The number of benzene rings is 1. The number of rotatable bonds is 7. The van der Waals surface area contributed by atoms with Crippen molar-refractivity contribution in [3.63, 3.8) is 0 Å². The third-order valence-electron chi connectivity index (χ3n) is 7.18. The second kappa shape index (κ2) is 11.0. The summed E-state index contributed by atoms with van der Waals surface area (Å²) in [5, 5.41) is 9.19. The highest BCUT2D eigenvalue weighted by atomic mass is 32.1. The molecule has 0 saturated carbocycles. The van der Waals surface area contributed by atoms with Crippen LogP contribution in [-0.2, 0) is 6.54 Å². The Kier molecular flexibility index (Phi) is 7.97. The molecule has 7 heteroatoms. The van der Waals surface area contributed by atoms with Crippen LogP contribution in [0.25, 0.3) is 26.0 Å². The summed E-state index contributed by atoms with van der Waals surface area (Å²) in [5.74, 6) is 2.58. The lowest BCUT2D eigenvalue weighted by Crippen LogP contribution is -2.32. The van der Waals surface area contributed by atoms with Crippen molar-refractivity contribution in [1.29, 1.82) is 0 Å². The Morgan fingerprint density at radius 2 is 1.94 bits per heavy atom. The molecule has 5 rings (SSSR count). The first-order valence-corrected chi connectivity index (χ1v) is 13.8. The van der Waals surface area contributed by atoms with Crippen molar-refractivity contribution in [2.75, 3.05) is 26.0 Å². The first-order chi connectivity index (χ1) is 17.1. The van der Waals surface area contributed by atoms with E-state index >= 15 is 0 Å². The Morgan fingerprint density at radius 1 is 1.14 bits per heavy atom. The summed E-state index contributed by atoms with van der Waals surface area (Å²) in [4.78, 5) is 8.40. The summed E-state index contributed by atoms with van der Waals surface area (Å²) >= 11 is 1.77. The van der Waals surface area contributed by atoms with E-state index in [-0.39, 0.29) is 0 Å². The van der Waals surface area contributed by atoms with Crippen molar-refractivity contribution >= 4 is 32.8 Å². The number of nitrogens with one attached hydrogen (secondary N) is 1. The smallest absolute Gasteiger partial charge is 0.154 e. The number of methoxy groups -OCH3 is 1. The highest BCUT2D eigenvalue weighted by Gasteiger charge is 2.32. The Balaban J connectivity index is 0.00000141. The number of aryl methyl sites for hydroxylation is 1. The van der Waals surface area contributed by atoms with Gasteiger partial charge in [-0.15, -0.1) is 11.3 Å². The number of aromatic nitrogens is 3. The molecule has 1 aromatic carbocycles. The molecule has 0 bridgehead atoms. The molecule has 0 spiro atoms. The van der Waals surface area contributed by atoms with Crippen LogP contribution >= 0.6 is 11.3 Å². The van der Waals surface area contributed by atoms with E-state index in [0.29, 0.717) is 6.04 Å². The largest absolute Gasteiger partial charge is 0.495 e. The van der Waals surface area contributed by atoms with Gasteiger partial charge in [0, 0.05) is 30.1 Å². The molecular weight excluding hydrogens is 454 g/mol. The summed E-state index contributed by atoms with van der Waals surface area (Å²) < 4.78 is 8.96. The number of thiophene rings is 1. The lowest BCUT2D eigenvalue weighted by Gasteiger charge is -2.26. The van der Waals surface area contributed by atoms with Crippen LogP contribution in [0.3, 0.4) is 0 Å². The van der Waals surface area contributed by atoms with Gasteiger partial charge in [0.2, 0.25) is 0 Å². The van der Waals surface area contributed by atoms with Crippen molar-refractivity contribution in [3.05, 3.63) is 41.9 Å². The maximum absolute atomic E-state index is 5.69. The standard InChI is InChI=1S/C26H33N5OS.C2H6/c1-6-17-8-9-30(21(17)7-2)14-19-13-20(24-26(27-4)28-15-29-31(19)24)23-12-18-10-16(3)11-22(32-5)25(18)33-23;1-2/h10-13,15,17,21H,6-9,14H2,1-5H3,(H,27,28,29);1-2H3. The number of fused-ring (bicyclic) bond motifs is 2. The molecule has 0 aliphatic carbocycles. The molecule has 188 valence electrons. The minimum atomic E-state index is 0.645. The van der Waals surface area contributed by atoms with E-state index in [1.807, 2.05) is 20.9 Å². The summed E-state index contributed by atoms with van der Waals surface area (Å²) in [6.45, 7) is 12.8. The number of likely N-dealkylation sites (tertiary alicyclic amines) is 1. The number of ether oxygens (including phenoxy) is 1. The quantitative estimate of drug-likeness (QED) is 0.300. The zero-order chi connectivity index (χ0) is 25.1. The molecule has 1 saturated heterocycles. The number of anilines is 1. The Bertz CT molecular complexity index is 1290. The van der Waals surface area contributed by atoms with Crippen molar-refractivity contribution in [1.82, 2.24) is 19.5 Å². The van der Waals surface area contributed by atoms with Crippen LogP contribution in [0, 0.1) is 12.8 Å². The van der Waals surface area contributed by atoms with E-state index in [9.17, 15) is 0 Å². The first-order valence-electron chi connectivity index (χ1n) is 12.9. The molecule has 35 heavy (non-hydrogen) atoms. The van der Waals surface area contributed by atoms with Crippen LogP contribution < -0.4 is 10.1 Å². The lowest BCUT2D eigenvalue weighted by atomic mass is 9.96. The molecule has 6 nitrogen and oxygen atoms in total. The Labute approximate surface area is 213 Å². The summed E-state index contributed by atoms with van der Waals surface area (Å²) in [6.07, 6.45) is 5.39. The molecule has 1 aliphatic rings. The zero-order valence-corrected chi connectivity index (χ0v) is 23.0. The normalized spacial score (nSPS) is 18.1. The lowest BCUT2D eigenvalue weighted by molar-refractivity contribution is 0.206. The average molecular weight is 494 g/mol. The van der Waals surface area contributed by atoms with Gasteiger partial charge >= 0.3 is 0 Å². The van der Waals surface area contributed by atoms with E-state index in [1.165, 1.54) is 51.0 Å². The van der Waals surface area contributed by atoms with Gasteiger partial charge in [0.05, 0.1) is 17.5 Å². The fourth-order valence-corrected chi connectivity index (χ4v) is 6.75. The Morgan fingerprint density at radius 3 is 2.63 bits per heavy atom. The predicted octanol–water partition coefficient (Wildman–Crippen LogP) is 7.01. The van der Waals surface area contributed by atoms with E-state index in [0.717, 1.165) is 36.1 Å². The average Bonchev–Trinajstić information content (AvgIpc) is 3.59. The van der Waals surface area contributed by atoms with Crippen molar-refractivity contribution in [2.45, 2.75) is 66.5 Å². The van der Waals surface area contributed by atoms with Crippen molar-refractivity contribution < 1.29 is 4.74 Å². The van der Waals surface area contributed by atoms with Crippen LogP contribution in [0.1, 0.15) is 58.2 Å². The van der Waals surface area contributed by atoms with Gasteiger partial charge < -0.3 is 10.1 Å². The molecule has 2 unspecified atom stereocenters. The van der Waals surface area contributed by atoms with Gasteiger partial charge in [-0.3, -0.25) is 4.90 Å². The van der Waals surface area contributed by atoms with Gasteiger partial charge in [-0.1, -0.05) is 40.2 Å². The number of hydrogen-bond donors (Lipinski definition) is 1. The Hall–Kier alpha value is -2.64. The number of hydrogen-bond acceptors (Lipinski definition) is 6. The third-order valence-corrected chi connectivity index (χ3v) is 8.38. The van der Waals surface area contributed by atoms with Gasteiger partial charge in [-0.2, -0.15) is 5.10 Å². The van der Waals surface area contributed by atoms with Crippen LogP contribution in [0.5, 0.6) is 5.75 Å². The van der Waals surface area contributed by atoms with Crippen LogP contribution in [0.15, 0.2) is 30.6 Å². The molecule has 1 aliphatic heterocycles. The highest BCUT2D eigenvalue weighted by Crippen LogP contribution is 2.43. The molecule has 0 amide bonds. The summed E-state index contributed by atoms with van der Waals surface area (Å²) in [5.41, 5.74) is 4.64. The zero-order valence-electron chi connectivity index (χ0n) is 22.2. The SMILES string of the molecule is CC.CCC1CCN(Cc2cc(-c3cc4cc(C)cc(OC)c4s3)c3c(NC)ncnn23)C1CC. The topological polar surface area (TPSA) is 54.7 Å². The number of nitrogens with zero attached hydrogens (tertiary/aromatic N) is 4. The minimum Gasteiger partial charge on any atom is -0.495 e. The van der Waals surface area contributed by atoms with Gasteiger partial charge in [0.1, 0.15) is 17.6 Å². The molecule has 0 radical (unpaired) electrons. The second-order valence-corrected chi connectivity index (χ2v) is 10.1. The third kappa shape index (κ3) is 4.64. The van der Waals surface area contributed by atoms with Crippen LogP contribution in [0.2, 0.25) is 0 Å². The molecular formula is C28H39N5OS. The maximum Gasteiger partial charge on any atom is 0.154 e. The monoisotopic (exact) mass is 493 g/mol. The van der Waals surface area contributed by atoms with E-state index in [2.05, 4.69) is 69.9 Å². The van der Waals surface area contributed by atoms with Gasteiger partial charge in [-0.05, 0) is 61.4 Å². The molecule has 3 aromatic heterocycles. The van der Waals surface area contributed by atoms with Crippen LogP contribution in [0.4, 0.5) is 5.82 Å². The van der Waals surface area contributed by atoms with Crippen LogP contribution in [-0.4, -0.2) is 46.2 Å². The minimum absolute atomic E-state index is 0.645. The van der Waals surface area contributed by atoms with Crippen molar-refractivity contribution in [3.8, 4) is 16.2 Å². The molecule has 1 fully saturated rings. The fraction of sp³-hybridized carbons (Fsp3) is 0.500. The van der Waals surface area contributed by atoms with Gasteiger partial charge in [0.15, 0.2) is 5.82 Å². The second-order valence-electron chi connectivity index (χ2n) is 9.07. The van der Waals surface area contributed by atoms with E-state index in [1.54, 1.807) is 24.8 Å². The highest BCUT2D eigenvalue weighted by molar-refractivity contribution is 7.22. The molecule has 4 aromatic rings. The summed E-state index contributed by atoms with van der Waals surface area (Å²) in [6, 6.07) is 9.58.